The summed E-state index contributed by atoms with van der Waals surface area (Å²) in [4.78, 5) is 16.4. The number of amides is 1. The summed E-state index contributed by atoms with van der Waals surface area (Å²) < 4.78 is 2.13. The first-order valence-corrected chi connectivity index (χ1v) is 8.17. The number of rotatable bonds is 7. The van der Waals surface area contributed by atoms with Gasteiger partial charge in [-0.05, 0) is 24.1 Å². The average Bonchev–Trinajstić information content (AvgIpc) is 2.96. The monoisotopic (exact) mass is 350 g/mol. The molecule has 132 valence electrons. The van der Waals surface area contributed by atoms with Crippen molar-refractivity contribution in [3.63, 3.8) is 0 Å². The van der Waals surface area contributed by atoms with Crippen LogP contribution in [0.1, 0.15) is 50.9 Å². The second kappa shape index (κ2) is 9.45. The SMILES string of the molecule is CCCC(N)C(=O)Nc1cccc(Cn2ccnc2C(C)C)c1.Cl. The van der Waals surface area contributed by atoms with Crippen LogP contribution in [0.3, 0.4) is 0 Å². The van der Waals surface area contributed by atoms with Crippen molar-refractivity contribution in [2.24, 2.45) is 5.73 Å². The molecular weight excluding hydrogens is 324 g/mol. The number of halogens is 1. The molecule has 6 heteroatoms. The fourth-order valence-corrected chi connectivity index (χ4v) is 2.58. The van der Waals surface area contributed by atoms with Gasteiger partial charge in [0.1, 0.15) is 5.82 Å². The Morgan fingerprint density at radius 1 is 1.38 bits per heavy atom. The molecule has 1 aromatic heterocycles. The number of hydrogen-bond donors (Lipinski definition) is 2. The summed E-state index contributed by atoms with van der Waals surface area (Å²) in [6.07, 6.45) is 5.40. The van der Waals surface area contributed by atoms with Crippen molar-refractivity contribution in [3.05, 3.63) is 48.0 Å². The second-order valence-electron chi connectivity index (χ2n) is 6.15. The van der Waals surface area contributed by atoms with Gasteiger partial charge in [0.2, 0.25) is 5.91 Å². The van der Waals surface area contributed by atoms with Gasteiger partial charge in [0.05, 0.1) is 6.04 Å². The van der Waals surface area contributed by atoms with Crippen LogP contribution in [0.5, 0.6) is 0 Å². The minimum absolute atomic E-state index is 0. The van der Waals surface area contributed by atoms with Crippen molar-refractivity contribution >= 4 is 24.0 Å². The number of hydrogen-bond acceptors (Lipinski definition) is 3. The molecule has 0 aliphatic carbocycles. The number of nitrogens with two attached hydrogens (primary N) is 1. The summed E-state index contributed by atoms with van der Waals surface area (Å²) in [5.41, 5.74) is 7.75. The van der Waals surface area contributed by atoms with Gasteiger partial charge < -0.3 is 15.6 Å². The van der Waals surface area contributed by atoms with Crippen LogP contribution in [-0.4, -0.2) is 21.5 Å². The van der Waals surface area contributed by atoms with Crippen molar-refractivity contribution in [3.8, 4) is 0 Å². The summed E-state index contributed by atoms with van der Waals surface area (Å²) in [6.45, 7) is 7.01. The predicted molar refractivity (Wildman–Crippen MR) is 101 cm³/mol. The molecule has 1 aromatic carbocycles. The van der Waals surface area contributed by atoms with Crippen LogP contribution < -0.4 is 11.1 Å². The molecule has 0 spiro atoms. The standard InChI is InChI=1S/C18H26N4O.ClH/c1-4-6-16(19)18(23)21-15-8-5-7-14(11-15)12-22-10-9-20-17(22)13(2)3;/h5,7-11,13,16H,4,6,12,19H2,1-3H3,(H,21,23);1H. The molecule has 2 aromatic rings. The maximum Gasteiger partial charge on any atom is 0.241 e. The highest BCUT2D eigenvalue weighted by Crippen LogP contribution is 2.16. The fourth-order valence-electron chi connectivity index (χ4n) is 2.58. The maximum atomic E-state index is 12.0. The van der Waals surface area contributed by atoms with Crippen LogP contribution in [0.25, 0.3) is 0 Å². The summed E-state index contributed by atoms with van der Waals surface area (Å²) in [5.74, 6) is 1.30. The molecular formula is C18H27ClN4O. The number of anilines is 1. The van der Waals surface area contributed by atoms with Crippen molar-refractivity contribution in [2.45, 2.75) is 52.1 Å². The molecule has 0 bridgehead atoms. The van der Waals surface area contributed by atoms with Gasteiger partial charge in [-0.2, -0.15) is 0 Å². The molecule has 3 N–H and O–H groups in total. The molecule has 5 nitrogen and oxygen atoms in total. The molecule has 0 fully saturated rings. The highest BCUT2D eigenvalue weighted by atomic mass is 35.5. The van der Waals surface area contributed by atoms with Gasteiger partial charge in [-0.3, -0.25) is 4.79 Å². The maximum absolute atomic E-state index is 12.0. The molecule has 1 unspecified atom stereocenters. The fraction of sp³-hybridized carbons (Fsp3) is 0.444. The van der Waals surface area contributed by atoms with Crippen LogP contribution in [0.15, 0.2) is 36.7 Å². The molecule has 1 amide bonds. The number of benzene rings is 1. The summed E-state index contributed by atoms with van der Waals surface area (Å²) >= 11 is 0. The number of aromatic nitrogens is 2. The normalized spacial score (nSPS) is 11.9. The third-order valence-electron chi connectivity index (χ3n) is 3.75. The van der Waals surface area contributed by atoms with E-state index in [1.807, 2.05) is 43.6 Å². The van der Waals surface area contributed by atoms with Gasteiger partial charge in [-0.1, -0.05) is 39.3 Å². The first kappa shape index (κ1) is 20.2. The van der Waals surface area contributed by atoms with E-state index in [1.165, 1.54) is 0 Å². The Labute approximate surface area is 150 Å². The van der Waals surface area contributed by atoms with Gasteiger partial charge in [-0.25, -0.2) is 4.98 Å². The highest BCUT2D eigenvalue weighted by molar-refractivity contribution is 5.94. The Morgan fingerprint density at radius 3 is 2.79 bits per heavy atom. The van der Waals surface area contributed by atoms with Crippen LogP contribution >= 0.6 is 12.4 Å². The van der Waals surface area contributed by atoms with E-state index < -0.39 is 6.04 Å². The zero-order valence-electron chi connectivity index (χ0n) is 14.5. The Balaban J connectivity index is 0.00000288. The number of imidazole rings is 1. The molecule has 1 heterocycles. The Bertz CT molecular complexity index is 654. The van der Waals surface area contributed by atoms with Gasteiger partial charge in [0.15, 0.2) is 0 Å². The van der Waals surface area contributed by atoms with Crippen LogP contribution in [0, 0.1) is 0 Å². The molecule has 0 radical (unpaired) electrons. The van der Waals surface area contributed by atoms with E-state index in [9.17, 15) is 4.79 Å². The van der Waals surface area contributed by atoms with Crippen molar-refractivity contribution in [1.29, 1.82) is 0 Å². The van der Waals surface area contributed by atoms with E-state index in [0.717, 1.165) is 30.0 Å². The Hall–Kier alpha value is -1.85. The zero-order chi connectivity index (χ0) is 16.8. The molecule has 0 saturated carbocycles. The minimum atomic E-state index is -0.454. The first-order chi connectivity index (χ1) is 11.0. The lowest BCUT2D eigenvalue weighted by Crippen LogP contribution is -2.35. The van der Waals surface area contributed by atoms with Crippen LogP contribution in [0.2, 0.25) is 0 Å². The van der Waals surface area contributed by atoms with E-state index in [0.29, 0.717) is 12.3 Å². The number of carbonyl (C=O) groups excluding carboxylic acids is 1. The van der Waals surface area contributed by atoms with E-state index in [-0.39, 0.29) is 18.3 Å². The third-order valence-corrected chi connectivity index (χ3v) is 3.75. The summed E-state index contributed by atoms with van der Waals surface area (Å²) in [5, 5.41) is 2.90. The number of carbonyl (C=O) groups is 1. The quantitative estimate of drug-likeness (QED) is 0.802. The number of nitrogens with zero attached hydrogens (tertiary/aromatic N) is 2. The predicted octanol–water partition coefficient (Wildman–Crippen LogP) is 3.54. The van der Waals surface area contributed by atoms with E-state index >= 15 is 0 Å². The van der Waals surface area contributed by atoms with Gasteiger partial charge in [0, 0.05) is 30.5 Å². The van der Waals surface area contributed by atoms with Gasteiger partial charge >= 0.3 is 0 Å². The molecule has 0 aliphatic rings. The Morgan fingerprint density at radius 2 is 2.12 bits per heavy atom. The highest BCUT2D eigenvalue weighted by Gasteiger charge is 2.13. The van der Waals surface area contributed by atoms with E-state index in [2.05, 4.69) is 28.7 Å². The molecule has 0 aliphatic heterocycles. The molecule has 24 heavy (non-hydrogen) atoms. The second-order valence-corrected chi connectivity index (χ2v) is 6.15. The van der Waals surface area contributed by atoms with Crippen molar-refractivity contribution < 1.29 is 4.79 Å². The average molecular weight is 351 g/mol. The van der Waals surface area contributed by atoms with Crippen molar-refractivity contribution in [2.75, 3.05) is 5.32 Å². The smallest absolute Gasteiger partial charge is 0.241 e. The minimum Gasteiger partial charge on any atom is -0.330 e. The molecule has 2 rings (SSSR count). The third kappa shape index (κ3) is 5.35. The Kier molecular flexibility index (Phi) is 7.95. The first-order valence-electron chi connectivity index (χ1n) is 8.17. The lowest BCUT2D eigenvalue weighted by molar-refractivity contribution is -0.117. The van der Waals surface area contributed by atoms with Crippen LogP contribution in [-0.2, 0) is 11.3 Å². The van der Waals surface area contributed by atoms with E-state index in [1.54, 1.807) is 0 Å². The summed E-state index contributed by atoms with van der Waals surface area (Å²) in [6, 6.07) is 7.41. The topological polar surface area (TPSA) is 72.9 Å². The molecule has 1 atom stereocenters. The lowest BCUT2D eigenvalue weighted by atomic mass is 10.1. The van der Waals surface area contributed by atoms with Crippen LogP contribution in [0.4, 0.5) is 5.69 Å². The number of nitrogens with one attached hydrogen (secondary N) is 1. The van der Waals surface area contributed by atoms with Gasteiger partial charge in [0.25, 0.3) is 0 Å². The molecule has 0 saturated heterocycles. The van der Waals surface area contributed by atoms with Crippen molar-refractivity contribution in [1.82, 2.24) is 9.55 Å². The zero-order valence-corrected chi connectivity index (χ0v) is 15.3. The summed E-state index contributed by atoms with van der Waals surface area (Å²) in [7, 11) is 0. The lowest BCUT2D eigenvalue weighted by Gasteiger charge is -2.13. The van der Waals surface area contributed by atoms with Gasteiger partial charge in [-0.15, -0.1) is 12.4 Å². The largest absolute Gasteiger partial charge is 0.330 e. The van der Waals surface area contributed by atoms with E-state index in [4.69, 9.17) is 5.73 Å².